The van der Waals surface area contributed by atoms with Gasteiger partial charge in [-0.1, -0.05) is 37.5 Å². The van der Waals surface area contributed by atoms with Gasteiger partial charge in [0.15, 0.2) is 6.61 Å². The van der Waals surface area contributed by atoms with Gasteiger partial charge < -0.3 is 19.4 Å². The largest absolute Gasteiger partial charge is 0.454 e. The molecule has 0 radical (unpaired) electrons. The first kappa shape index (κ1) is 21.8. The smallest absolute Gasteiger partial charge is 0.326 e. The minimum atomic E-state index is -0.403. The van der Waals surface area contributed by atoms with Gasteiger partial charge in [-0.15, -0.1) is 0 Å². The predicted molar refractivity (Wildman–Crippen MR) is 119 cm³/mol. The van der Waals surface area contributed by atoms with Crippen molar-refractivity contribution in [3.8, 4) is 0 Å². The molecule has 1 aliphatic carbocycles. The Kier molecular flexibility index (Phi) is 6.92. The van der Waals surface area contributed by atoms with Gasteiger partial charge in [0.1, 0.15) is 6.54 Å². The summed E-state index contributed by atoms with van der Waals surface area (Å²) in [5, 5.41) is 4.13. The summed E-state index contributed by atoms with van der Waals surface area (Å²) < 4.78 is 12.7. The SMILES string of the molecule is Cc1cc2ccccc2n1CC(=O)OCC(=O)NCC1(N2CCOCC2)CCCCC1. The van der Waals surface area contributed by atoms with E-state index in [1.165, 1.54) is 19.3 Å². The van der Waals surface area contributed by atoms with Gasteiger partial charge in [-0.25, -0.2) is 0 Å². The third kappa shape index (κ3) is 5.10. The second-order valence-electron chi connectivity index (χ2n) is 8.75. The number of hydrogen-bond donors (Lipinski definition) is 1. The van der Waals surface area contributed by atoms with Crippen molar-refractivity contribution < 1.29 is 19.1 Å². The number of nitrogens with one attached hydrogen (secondary N) is 1. The lowest BCUT2D eigenvalue weighted by atomic mass is 9.79. The second-order valence-corrected chi connectivity index (χ2v) is 8.75. The van der Waals surface area contributed by atoms with E-state index in [1.807, 2.05) is 41.8 Å². The number of aromatic nitrogens is 1. The normalized spacial score (nSPS) is 19.3. The molecule has 1 saturated carbocycles. The summed E-state index contributed by atoms with van der Waals surface area (Å²) in [6, 6.07) is 9.98. The van der Waals surface area contributed by atoms with Crippen LogP contribution in [0.5, 0.6) is 0 Å². The van der Waals surface area contributed by atoms with Crippen molar-refractivity contribution in [3.05, 3.63) is 36.0 Å². The lowest BCUT2D eigenvalue weighted by Gasteiger charge is -2.48. The highest BCUT2D eigenvalue weighted by atomic mass is 16.5. The molecule has 1 aromatic carbocycles. The number of rotatable bonds is 7. The fourth-order valence-corrected chi connectivity index (χ4v) is 5.05. The molecule has 1 saturated heterocycles. The molecule has 2 fully saturated rings. The van der Waals surface area contributed by atoms with Crippen molar-refractivity contribution in [2.75, 3.05) is 39.5 Å². The summed E-state index contributed by atoms with van der Waals surface area (Å²) in [5.74, 6) is -0.638. The summed E-state index contributed by atoms with van der Waals surface area (Å²) in [4.78, 5) is 27.3. The molecule has 1 aliphatic heterocycles. The second kappa shape index (κ2) is 9.83. The number of carbonyl (C=O) groups is 2. The number of para-hydroxylation sites is 1. The Balaban J connectivity index is 1.29. The van der Waals surface area contributed by atoms with E-state index < -0.39 is 5.97 Å². The maximum absolute atomic E-state index is 12.5. The van der Waals surface area contributed by atoms with Crippen LogP contribution in [-0.2, 0) is 25.6 Å². The zero-order chi connectivity index (χ0) is 21.7. The standard InChI is InChI=1S/C24H33N3O4/c1-19-15-20-7-3-4-8-21(20)27(19)16-23(29)31-17-22(28)25-18-24(9-5-2-6-10-24)26-11-13-30-14-12-26/h3-4,7-8,15H,2,5-6,9-14,16-18H2,1H3,(H,25,28). The third-order valence-electron chi connectivity index (χ3n) is 6.75. The number of amides is 1. The minimum absolute atomic E-state index is 0.00284. The molecule has 31 heavy (non-hydrogen) atoms. The van der Waals surface area contributed by atoms with E-state index in [0.29, 0.717) is 6.54 Å². The molecule has 2 aromatic rings. The molecule has 4 rings (SSSR count). The first-order valence-corrected chi connectivity index (χ1v) is 11.4. The molecule has 1 aromatic heterocycles. The fourth-order valence-electron chi connectivity index (χ4n) is 5.05. The Labute approximate surface area is 183 Å². The monoisotopic (exact) mass is 427 g/mol. The van der Waals surface area contributed by atoms with E-state index in [-0.39, 0.29) is 24.6 Å². The summed E-state index contributed by atoms with van der Waals surface area (Å²) in [6.45, 7) is 5.76. The van der Waals surface area contributed by atoms with Crippen LogP contribution in [0.25, 0.3) is 10.9 Å². The van der Waals surface area contributed by atoms with Crippen LogP contribution >= 0.6 is 0 Å². The summed E-state index contributed by atoms with van der Waals surface area (Å²) in [6.07, 6.45) is 5.81. The van der Waals surface area contributed by atoms with Crippen molar-refractivity contribution in [1.82, 2.24) is 14.8 Å². The maximum atomic E-state index is 12.5. The molecule has 2 heterocycles. The van der Waals surface area contributed by atoms with Crippen LogP contribution < -0.4 is 5.32 Å². The summed E-state index contributed by atoms with van der Waals surface area (Å²) in [5.41, 5.74) is 1.99. The minimum Gasteiger partial charge on any atom is -0.454 e. The highest BCUT2D eigenvalue weighted by Crippen LogP contribution is 2.33. The van der Waals surface area contributed by atoms with Gasteiger partial charge in [0.05, 0.1) is 13.2 Å². The molecular formula is C24H33N3O4. The van der Waals surface area contributed by atoms with Gasteiger partial charge >= 0.3 is 5.97 Å². The van der Waals surface area contributed by atoms with Crippen LogP contribution in [0.15, 0.2) is 30.3 Å². The van der Waals surface area contributed by atoms with E-state index in [2.05, 4.69) is 10.2 Å². The van der Waals surface area contributed by atoms with Gasteiger partial charge in [0, 0.05) is 36.4 Å². The number of esters is 1. The van der Waals surface area contributed by atoms with Crippen LogP contribution in [0.2, 0.25) is 0 Å². The molecule has 2 aliphatic rings. The molecule has 168 valence electrons. The first-order chi connectivity index (χ1) is 15.1. The molecule has 0 atom stereocenters. The van der Waals surface area contributed by atoms with Crippen LogP contribution in [0, 0.1) is 6.92 Å². The first-order valence-electron chi connectivity index (χ1n) is 11.4. The number of carbonyl (C=O) groups excluding carboxylic acids is 2. The molecule has 7 nitrogen and oxygen atoms in total. The van der Waals surface area contributed by atoms with Gasteiger partial charge in [-0.3, -0.25) is 14.5 Å². The molecule has 7 heteroatoms. The Morgan fingerprint density at radius 3 is 2.65 bits per heavy atom. The lowest BCUT2D eigenvalue weighted by molar-refractivity contribution is -0.149. The number of aryl methyl sites for hydroxylation is 1. The number of ether oxygens (including phenoxy) is 2. The summed E-state index contributed by atoms with van der Waals surface area (Å²) >= 11 is 0. The van der Waals surface area contributed by atoms with Crippen molar-refractivity contribution in [2.45, 2.75) is 51.1 Å². The average Bonchev–Trinajstić information content (AvgIpc) is 3.12. The van der Waals surface area contributed by atoms with E-state index in [1.54, 1.807) is 0 Å². The molecule has 1 amide bonds. The quantitative estimate of drug-likeness (QED) is 0.688. The Hall–Kier alpha value is -2.38. The Morgan fingerprint density at radius 1 is 1.13 bits per heavy atom. The number of fused-ring (bicyclic) bond motifs is 1. The van der Waals surface area contributed by atoms with Crippen molar-refractivity contribution in [3.63, 3.8) is 0 Å². The van der Waals surface area contributed by atoms with Crippen molar-refractivity contribution in [2.24, 2.45) is 0 Å². The topological polar surface area (TPSA) is 72.8 Å². The maximum Gasteiger partial charge on any atom is 0.326 e. The van der Waals surface area contributed by atoms with E-state index in [9.17, 15) is 9.59 Å². The number of nitrogens with zero attached hydrogens (tertiary/aromatic N) is 2. The number of morpholine rings is 1. The third-order valence-corrected chi connectivity index (χ3v) is 6.75. The van der Waals surface area contributed by atoms with Crippen LogP contribution in [0.1, 0.15) is 37.8 Å². The van der Waals surface area contributed by atoms with Crippen LogP contribution in [-0.4, -0.2) is 66.3 Å². The number of hydrogen-bond acceptors (Lipinski definition) is 5. The van der Waals surface area contributed by atoms with Crippen LogP contribution in [0.3, 0.4) is 0 Å². The van der Waals surface area contributed by atoms with Gasteiger partial charge in [0.25, 0.3) is 5.91 Å². The van der Waals surface area contributed by atoms with E-state index in [4.69, 9.17) is 9.47 Å². The fraction of sp³-hybridized carbons (Fsp3) is 0.583. The van der Waals surface area contributed by atoms with Gasteiger partial charge in [-0.2, -0.15) is 0 Å². The molecular weight excluding hydrogens is 394 g/mol. The molecule has 1 N–H and O–H groups in total. The Bertz CT molecular complexity index is 911. The zero-order valence-corrected chi connectivity index (χ0v) is 18.4. The lowest BCUT2D eigenvalue weighted by Crippen LogP contribution is -2.59. The highest BCUT2D eigenvalue weighted by molar-refractivity contribution is 5.84. The Morgan fingerprint density at radius 2 is 1.87 bits per heavy atom. The predicted octanol–water partition coefficient (Wildman–Crippen LogP) is 2.64. The molecule has 0 spiro atoms. The molecule has 0 bridgehead atoms. The van der Waals surface area contributed by atoms with Crippen molar-refractivity contribution in [1.29, 1.82) is 0 Å². The van der Waals surface area contributed by atoms with Gasteiger partial charge in [0.2, 0.25) is 0 Å². The number of benzene rings is 1. The van der Waals surface area contributed by atoms with E-state index in [0.717, 1.165) is 55.7 Å². The zero-order valence-electron chi connectivity index (χ0n) is 18.4. The highest BCUT2D eigenvalue weighted by Gasteiger charge is 2.38. The van der Waals surface area contributed by atoms with E-state index >= 15 is 0 Å². The van der Waals surface area contributed by atoms with Crippen molar-refractivity contribution >= 4 is 22.8 Å². The van der Waals surface area contributed by atoms with Gasteiger partial charge in [-0.05, 0) is 37.3 Å². The summed E-state index contributed by atoms with van der Waals surface area (Å²) in [7, 11) is 0. The molecule has 0 unspecified atom stereocenters. The average molecular weight is 428 g/mol. The van der Waals surface area contributed by atoms with Crippen LogP contribution in [0.4, 0.5) is 0 Å².